The van der Waals surface area contributed by atoms with E-state index in [-0.39, 0.29) is 37.2 Å². The maximum absolute atomic E-state index is 13.4. The van der Waals surface area contributed by atoms with E-state index in [0.29, 0.717) is 25.7 Å². The van der Waals surface area contributed by atoms with Crippen LogP contribution in [0.25, 0.3) is 6.08 Å². The quantitative estimate of drug-likeness (QED) is 0.276. The van der Waals surface area contributed by atoms with Crippen LogP contribution >= 0.6 is 0 Å². The molecule has 9 heteroatoms. The summed E-state index contributed by atoms with van der Waals surface area (Å²) in [7, 11) is 0. The van der Waals surface area contributed by atoms with E-state index in [9.17, 15) is 30.0 Å². The monoisotopic (exact) mass is 619 g/mol. The average Bonchev–Trinajstić information content (AvgIpc) is 3.26. The molecular weight excluding hydrogens is 574 g/mol. The molecule has 0 aliphatic heterocycles. The highest BCUT2D eigenvalue weighted by atomic mass is 16.6. The number of aliphatic hydroxyl groups is 4. The lowest BCUT2D eigenvalue weighted by Crippen LogP contribution is -2.79. The fourth-order valence-electron chi connectivity index (χ4n) is 9.80. The second-order valence-electron chi connectivity index (χ2n) is 14.3. The van der Waals surface area contributed by atoms with Crippen molar-refractivity contribution >= 4 is 18.0 Å². The molecule has 9 nitrogen and oxygen atoms in total. The molecule has 0 amide bonds. The molecule has 4 fully saturated rings. The minimum Gasteiger partial charge on any atom is -0.458 e. The summed E-state index contributed by atoms with van der Waals surface area (Å²) >= 11 is 0. The van der Waals surface area contributed by atoms with Gasteiger partial charge in [0.2, 0.25) is 0 Å². The van der Waals surface area contributed by atoms with Gasteiger partial charge in [0.1, 0.15) is 23.4 Å². The number of aliphatic hydroxyl groups excluding tert-OH is 1. The molecular formula is C36H45NO8. The van der Waals surface area contributed by atoms with Gasteiger partial charge in [0, 0.05) is 18.5 Å². The molecule has 4 aliphatic carbocycles. The number of esters is 2. The van der Waals surface area contributed by atoms with Crippen molar-refractivity contribution in [3.05, 3.63) is 72.1 Å². The van der Waals surface area contributed by atoms with Gasteiger partial charge >= 0.3 is 11.9 Å². The number of carbonyl (C=O) groups excluding carboxylic acids is 2. The van der Waals surface area contributed by atoms with Gasteiger partial charge in [0.15, 0.2) is 0 Å². The van der Waals surface area contributed by atoms with Gasteiger partial charge in [-0.2, -0.15) is 0 Å². The van der Waals surface area contributed by atoms with Crippen LogP contribution in [0.4, 0.5) is 0 Å². The molecule has 45 heavy (non-hydrogen) atoms. The van der Waals surface area contributed by atoms with Crippen molar-refractivity contribution < 1.29 is 39.5 Å². The molecule has 1 aromatic carbocycles. The third-order valence-corrected chi connectivity index (χ3v) is 12.5. The highest BCUT2D eigenvalue weighted by molar-refractivity contribution is 5.89. The molecule has 0 unspecified atom stereocenters. The van der Waals surface area contributed by atoms with Crippen molar-refractivity contribution in [1.29, 1.82) is 0 Å². The number of fused-ring (bicyclic) bond motifs is 5. The van der Waals surface area contributed by atoms with Crippen LogP contribution in [0.3, 0.4) is 0 Å². The Kier molecular flexibility index (Phi) is 8.00. The average molecular weight is 620 g/mol. The first-order chi connectivity index (χ1) is 21.3. The molecule has 1 aromatic heterocycles. The van der Waals surface area contributed by atoms with Crippen LogP contribution in [0.5, 0.6) is 0 Å². The Morgan fingerprint density at radius 2 is 1.73 bits per heavy atom. The maximum atomic E-state index is 13.4. The molecule has 4 N–H and O–H groups in total. The Morgan fingerprint density at radius 3 is 2.44 bits per heavy atom. The summed E-state index contributed by atoms with van der Waals surface area (Å²) in [5.41, 5.74) is -6.32. The molecule has 0 saturated heterocycles. The standard InChI is InChI=1S/C36H45NO8/c1-23(44-31(40)25-10-7-19-37-22-25)34(41)17-18-36(43)33(34,3)29(45-30(39)12-11-24-8-5-4-6-9-24)21-28-32(2)15-14-27(38)20-26(32)13-16-35(28,36)42/h4-12,19,22-23,26-29,38,41-43H,13-18,20-21H2,1-3H3/t23-,26-,27-,28+,29+,32-,33+,34+,35-,36+/m0/s1. The lowest BCUT2D eigenvalue weighted by molar-refractivity contribution is -0.341. The third kappa shape index (κ3) is 4.77. The predicted molar refractivity (Wildman–Crippen MR) is 165 cm³/mol. The smallest absolute Gasteiger partial charge is 0.340 e. The lowest BCUT2D eigenvalue weighted by Gasteiger charge is -2.69. The van der Waals surface area contributed by atoms with Gasteiger partial charge in [-0.15, -0.1) is 0 Å². The van der Waals surface area contributed by atoms with Gasteiger partial charge in [-0.25, -0.2) is 9.59 Å². The molecule has 0 spiro atoms. The molecule has 10 atom stereocenters. The van der Waals surface area contributed by atoms with Gasteiger partial charge in [-0.05, 0) is 99.3 Å². The lowest BCUT2D eigenvalue weighted by atomic mass is 9.40. The topological polar surface area (TPSA) is 146 Å². The van der Waals surface area contributed by atoms with Crippen LogP contribution in [0.1, 0.15) is 88.1 Å². The fraction of sp³-hybridized carbons (Fsp3) is 0.583. The van der Waals surface area contributed by atoms with E-state index in [1.807, 2.05) is 30.3 Å². The van der Waals surface area contributed by atoms with E-state index in [0.717, 1.165) is 5.56 Å². The van der Waals surface area contributed by atoms with Crippen molar-refractivity contribution in [2.75, 3.05) is 0 Å². The van der Waals surface area contributed by atoms with Gasteiger partial charge in [-0.3, -0.25) is 4.98 Å². The fourth-order valence-corrected chi connectivity index (χ4v) is 9.80. The van der Waals surface area contributed by atoms with Crippen LogP contribution in [-0.4, -0.2) is 72.5 Å². The highest BCUT2D eigenvalue weighted by Crippen LogP contribution is 2.72. The van der Waals surface area contributed by atoms with Gasteiger partial charge in [0.05, 0.1) is 22.7 Å². The number of rotatable bonds is 6. The number of ether oxygens (including phenoxy) is 2. The number of benzene rings is 1. The number of pyridine rings is 1. The van der Waals surface area contributed by atoms with E-state index < -0.39 is 63.8 Å². The second kappa shape index (κ2) is 11.3. The number of aromatic nitrogens is 1. The summed E-state index contributed by atoms with van der Waals surface area (Å²) in [6.45, 7) is 5.37. The Balaban J connectivity index is 1.39. The number of nitrogens with zero attached hydrogens (tertiary/aromatic N) is 1. The normalized spacial score (nSPS) is 41.4. The summed E-state index contributed by atoms with van der Waals surface area (Å²) in [6.07, 6.45) is 6.37. The first kappa shape index (κ1) is 31.9. The van der Waals surface area contributed by atoms with Crippen molar-refractivity contribution in [2.45, 2.75) is 107 Å². The van der Waals surface area contributed by atoms with Crippen LogP contribution in [0.15, 0.2) is 60.9 Å². The van der Waals surface area contributed by atoms with Gasteiger partial charge < -0.3 is 29.9 Å². The predicted octanol–water partition coefficient (Wildman–Crippen LogP) is 4.23. The van der Waals surface area contributed by atoms with Crippen molar-refractivity contribution in [1.82, 2.24) is 4.98 Å². The second-order valence-corrected chi connectivity index (χ2v) is 14.3. The Labute approximate surface area is 264 Å². The third-order valence-electron chi connectivity index (χ3n) is 12.5. The Bertz CT molecular complexity index is 1450. The maximum Gasteiger partial charge on any atom is 0.340 e. The van der Waals surface area contributed by atoms with Crippen molar-refractivity contribution in [3.8, 4) is 0 Å². The Morgan fingerprint density at radius 1 is 0.978 bits per heavy atom. The molecule has 4 saturated carbocycles. The van der Waals surface area contributed by atoms with E-state index in [1.54, 1.807) is 38.3 Å². The zero-order chi connectivity index (χ0) is 32.3. The molecule has 4 aliphatic rings. The SMILES string of the molecule is C[C@H](OC(=O)c1cccnc1)[C@]1(O)CC[C@@]2(O)[C@]1(C)[C@H](OC(=O)C=Cc1ccccc1)C[C@@H]1[C@@]3(C)CC[C@H](O)C[C@@H]3CC[C@]12O. The first-order valence-electron chi connectivity index (χ1n) is 16.2. The van der Waals surface area contributed by atoms with Crippen LogP contribution in [0.2, 0.25) is 0 Å². The van der Waals surface area contributed by atoms with E-state index in [1.165, 1.54) is 12.3 Å². The first-order valence-corrected chi connectivity index (χ1v) is 16.2. The molecule has 1 heterocycles. The highest BCUT2D eigenvalue weighted by Gasteiger charge is 2.82. The molecule has 0 radical (unpaired) electrons. The summed E-state index contributed by atoms with van der Waals surface area (Å²) in [4.78, 5) is 30.5. The summed E-state index contributed by atoms with van der Waals surface area (Å²) in [6, 6.07) is 12.5. The van der Waals surface area contributed by atoms with E-state index >= 15 is 0 Å². The largest absolute Gasteiger partial charge is 0.458 e. The van der Waals surface area contributed by atoms with Gasteiger partial charge in [0.25, 0.3) is 0 Å². The summed E-state index contributed by atoms with van der Waals surface area (Å²) < 4.78 is 12.0. The van der Waals surface area contributed by atoms with E-state index in [4.69, 9.17) is 9.47 Å². The zero-order valence-electron chi connectivity index (χ0n) is 26.3. The van der Waals surface area contributed by atoms with Crippen LogP contribution < -0.4 is 0 Å². The number of hydrogen-bond acceptors (Lipinski definition) is 9. The molecule has 242 valence electrons. The summed E-state index contributed by atoms with van der Waals surface area (Å²) in [5, 5.41) is 48.7. The summed E-state index contributed by atoms with van der Waals surface area (Å²) in [5.74, 6) is -1.64. The van der Waals surface area contributed by atoms with E-state index in [2.05, 4.69) is 11.9 Å². The van der Waals surface area contributed by atoms with Crippen LogP contribution in [-0.2, 0) is 14.3 Å². The van der Waals surface area contributed by atoms with Gasteiger partial charge in [-0.1, -0.05) is 44.2 Å². The molecule has 6 rings (SSSR count). The van der Waals surface area contributed by atoms with Crippen molar-refractivity contribution in [2.24, 2.45) is 22.7 Å². The zero-order valence-corrected chi connectivity index (χ0v) is 26.3. The molecule has 2 aromatic rings. The van der Waals surface area contributed by atoms with Crippen molar-refractivity contribution in [3.63, 3.8) is 0 Å². The molecule has 0 bridgehead atoms. The minimum atomic E-state index is -1.87. The number of hydrogen-bond donors (Lipinski definition) is 4. The number of carbonyl (C=O) groups is 2. The van der Waals surface area contributed by atoms with Crippen LogP contribution in [0, 0.1) is 22.7 Å². The Hall–Kier alpha value is -3.11. The minimum absolute atomic E-state index is 0.0171.